The summed E-state index contributed by atoms with van der Waals surface area (Å²) in [4.78, 5) is 36.4. The van der Waals surface area contributed by atoms with E-state index < -0.39 is 22.8 Å². The number of ether oxygens (including phenoxy) is 1. The van der Waals surface area contributed by atoms with E-state index >= 15 is 0 Å². The molecule has 142 valence electrons. The number of benzene rings is 1. The number of piperazine rings is 1. The number of hydrogen-bond donors (Lipinski definition) is 1. The Hall–Kier alpha value is -3.17. The van der Waals surface area contributed by atoms with Crippen LogP contribution in [0.4, 0.5) is 10.1 Å². The Labute approximate surface area is 152 Å². The van der Waals surface area contributed by atoms with E-state index in [1.807, 2.05) is 6.92 Å². The molecular formula is C17H17FN4O5. The quantitative estimate of drug-likeness (QED) is 0.811. The highest BCUT2D eigenvalue weighted by atomic mass is 19.1. The Morgan fingerprint density at radius 2 is 2.04 bits per heavy atom. The lowest BCUT2D eigenvalue weighted by Gasteiger charge is -2.36. The van der Waals surface area contributed by atoms with Crippen molar-refractivity contribution in [3.8, 4) is 5.75 Å². The van der Waals surface area contributed by atoms with Gasteiger partial charge in [-0.05, 0) is 13.0 Å². The molecule has 27 heavy (non-hydrogen) atoms. The Kier molecular flexibility index (Phi) is 3.97. The Balaban J connectivity index is 1.95. The van der Waals surface area contributed by atoms with Gasteiger partial charge in [-0.2, -0.15) is 0 Å². The standard InChI is InChI=1S/C17H17FN4O5/c1-9-8-27-16-13-10(15(23)11(17(24)25)7-22(9)13)6-12(18)14(16)20-2-4-21(19-26)5-3-20/h6-7,9H,2-5,8H2,1H3,(H,24,25). The van der Waals surface area contributed by atoms with Crippen molar-refractivity contribution in [1.82, 2.24) is 9.58 Å². The van der Waals surface area contributed by atoms with Gasteiger partial charge in [0.2, 0.25) is 5.43 Å². The molecule has 3 heterocycles. The SMILES string of the molecule is CC1COc2c(N3CCN(N=O)CC3)c(F)cc3c(=O)c(C(=O)O)cn1c23. The van der Waals surface area contributed by atoms with Crippen molar-refractivity contribution in [2.24, 2.45) is 5.29 Å². The Bertz CT molecular complexity index is 1010. The molecule has 0 saturated carbocycles. The second-order valence-electron chi connectivity index (χ2n) is 6.70. The zero-order chi connectivity index (χ0) is 19.3. The van der Waals surface area contributed by atoms with Gasteiger partial charge in [-0.1, -0.05) is 0 Å². The van der Waals surface area contributed by atoms with Crippen molar-refractivity contribution in [3.63, 3.8) is 0 Å². The molecule has 1 N–H and O–H groups in total. The van der Waals surface area contributed by atoms with Crippen molar-refractivity contribution in [2.75, 3.05) is 37.7 Å². The van der Waals surface area contributed by atoms with Gasteiger partial charge in [0, 0.05) is 19.3 Å². The lowest BCUT2D eigenvalue weighted by atomic mass is 10.1. The molecule has 2 aliphatic rings. The predicted molar refractivity (Wildman–Crippen MR) is 94.9 cm³/mol. The monoisotopic (exact) mass is 376 g/mol. The summed E-state index contributed by atoms with van der Waals surface area (Å²) in [5.74, 6) is -1.79. The maximum atomic E-state index is 15.0. The Morgan fingerprint density at radius 1 is 1.33 bits per heavy atom. The maximum absolute atomic E-state index is 15.0. The molecule has 1 saturated heterocycles. The van der Waals surface area contributed by atoms with Crippen LogP contribution in [0.1, 0.15) is 23.3 Å². The summed E-state index contributed by atoms with van der Waals surface area (Å²) in [6.07, 6.45) is 1.29. The number of anilines is 1. The van der Waals surface area contributed by atoms with E-state index in [1.54, 1.807) is 9.47 Å². The van der Waals surface area contributed by atoms with Crippen LogP contribution in [-0.2, 0) is 0 Å². The van der Waals surface area contributed by atoms with E-state index in [2.05, 4.69) is 5.29 Å². The first-order valence-electron chi connectivity index (χ1n) is 8.53. The molecule has 1 unspecified atom stereocenters. The highest BCUT2D eigenvalue weighted by Gasteiger charge is 2.31. The van der Waals surface area contributed by atoms with E-state index in [9.17, 15) is 24.0 Å². The molecule has 1 aromatic heterocycles. The van der Waals surface area contributed by atoms with E-state index in [-0.39, 0.29) is 29.5 Å². The second kappa shape index (κ2) is 6.22. The molecule has 0 bridgehead atoms. The zero-order valence-electron chi connectivity index (χ0n) is 14.5. The lowest BCUT2D eigenvalue weighted by molar-refractivity contribution is 0.0694. The normalized spacial score (nSPS) is 19.1. The fraction of sp³-hybridized carbons (Fsp3) is 0.412. The van der Waals surface area contributed by atoms with Gasteiger partial charge in [-0.25, -0.2) is 9.18 Å². The third kappa shape index (κ3) is 2.59. The predicted octanol–water partition coefficient (Wildman–Crippen LogP) is 1.60. The van der Waals surface area contributed by atoms with Gasteiger partial charge < -0.3 is 19.3 Å². The molecule has 0 amide bonds. The minimum Gasteiger partial charge on any atom is -0.487 e. The number of rotatable bonds is 3. The molecule has 4 rings (SSSR count). The summed E-state index contributed by atoms with van der Waals surface area (Å²) in [6, 6.07) is 0.860. The van der Waals surface area contributed by atoms with Gasteiger partial charge in [0.05, 0.1) is 35.3 Å². The minimum atomic E-state index is -1.35. The fourth-order valence-electron chi connectivity index (χ4n) is 3.66. The van der Waals surface area contributed by atoms with Gasteiger partial charge in [0.15, 0.2) is 11.6 Å². The van der Waals surface area contributed by atoms with Crippen molar-refractivity contribution in [1.29, 1.82) is 0 Å². The molecule has 1 atom stereocenters. The number of carbonyl (C=O) groups is 1. The minimum absolute atomic E-state index is 0.0223. The molecule has 2 aromatic rings. The number of halogens is 1. The number of hydrogen-bond acceptors (Lipinski definition) is 6. The molecular weight excluding hydrogens is 359 g/mol. The number of aromatic nitrogens is 1. The third-order valence-electron chi connectivity index (χ3n) is 5.06. The average Bonchev–Trinajstić information content (AvgIpc) is 2.66. The summed E-state index contributed by atoms with van der Waals surface area (Å²) in [7, 11) is 0. The number of carboxylic acid groups (broad SMARTS) is 1. The Morgan fingerprint density at radius 3 is 2.67 bits per heavy atom. The van der Waals surface area contributed by atoms with Crippen LogP contribution in [0.25, 0.3) is 10.9 Å². The van der Waals surface area contributed by atoms with Crippen molar-refractivity contribution in [3.05, 3.63) is 38.8 Å². The van der Waals surface area contributed by atoms with Gasteiger partial charge in [0.1, 0.15) is 17.9 Å². The van der Waals surface area contributed by atoms with Crippen LogP contribution < -0.4 is 15.1 Å². The van der Waals surface area contributed by atoms with Gasteiger partial charge in [0.25, 0.3) is 0 Å². The molecule has 9 nitrogen and oxygen atoms in total. The smallest absolute Gasteiger partial charge is 0.341 e. The van der Waals surface area contributed by atoms with E-state index in [1.165, 1.54) is 11.2 Å². The first-order chi connectivity index (χ1) is 12.9. The largest absolute Gasteiger partial charge is 0.487 e. The topological polar surface area (TPSA) is 104 Å². The molecule has 1 aromatic carbocycles. The molecule has 0 aliphatic carbocycles. The fourth-order valence-corrected chi connectivity index (χ4v) is 3.66. The van der Waals surface area contributed by atoms with Crippen LogP contribution in [0.3, 0.4) is 0 Å². The molecule has 1 fully saturated rings. The van der Waals surface area contributed by atoms with Crippen LogP contribution >= 0.6 is 0 Å². The molecule has 2 aliphatic heterocycles. The summed E-state index contributed by atoms with van der Waals surface area (Å²) in [5, 5.41) is 13.5. The van der Waals surface area contributed by atoms with Crippen LogP contribution in [-0.4, -0.2) is 53.4 Å². The third-order valence-corrected chi connectivity index (χ3v) is 5.06. The van der Waals surface area contributed by atoms with Crippen molar-refractivity contribution < 1.29 is 19.0 Å². The van der Waals surface area contributed by atoms with Crippen LogP contribution in [0.2, 0.25) is 0 Å². The summed E-state index contributed by atoms with van der Waals surface area (Å²) >= 11 is 0. The van der Waals surface area contributed by atoms with Crippen molar-refractivity contribution in [2.45, 2.75) is 13.0 Å². The average molecular weight is 376 g/mol. The number of pyridine rings is 1. The van der Waals surface area contributed by atoms with Gasteiger partial charge in [-0.3, -0.25) is 9.80 Å². The first kappa shape index (κ1) is 17.3. The molecule has 10 heteroatoms. The molecule has 0 spiro atoms. The van der Waals surface area contributed by atoms with Gasteiger partial charge in [-0.15, -0.1) is 4.91 Å². The van der Waals surface area contributed by atoms with Gasteiger partial charge >= 0.3 is 5.97 Å². The summed E-state index contributed by atoms with van der Waals surface area (Å²) in [6.45, 7) is 3.49. The summed E-state index contributed by atoms with van der Waals surface area (Å²) in [5.41, 5.74) is -0.541. The summed E-state index contributed by atoms with van der Waals surface area (Å²) < 4.78 is 22.4. The highest BCUT2D eigenvalue weighted by Crippen LogP contribution is 2.42. The highest BCUT2D eigenvalue weighted by molar-refractivity contribution is 5.97. The van der Waals surface area contributed by atoms with Crippen LogP contribution in [0.15, 0.2) is 22.3 Å². The second-order valence-corrected chi connectivity index (χ2v) is 6.70. The lowest BCUT2D eigenvalue weighted by Crippen LogP contribution is -2.44. The van der Waals surface area contributed by atoms with E-state index in [0.717, 1.165) is 6.07 Å². The number of nitrogens with zero attached hydrogens (tertiary/aromatic N) is 4. The van der Waals surface area contributed by atoms with Crippen molar-refractivity contribution >= 4 is 22.6 Å². The number of aromatic carboxylic acids is 1. The van der Waals surface area contributed by atoms with Crippen LogP contribution in [0, 0.1) is 10.7 Å². The van der Waals surface area contributed by atoms with Crippen LogP contribution in [0.5, 0.6) is 5.75 Å². The first-order valence-corrected chi connectivity index (χ1v) is 8.53. The number of carboxylic acids is 1. The van der Waals surface area contributed by atoms with E-state index in [4.69, 9.17) is 4.74 Å². The zero-order valence-corrected chi connectivity index (χ0v) is 14.5. The maximum Gasteiger partial charge on any atom is 0.341 e. The number of nitroso groups, excluding NO2 is 1. The molecule has 0 radical (unpaired) electrons. The van der Waals surface area contributed by atoms with E-state index in [0.29, 0.717) is 31.7 Å².